The van der Waals surface area contributed by atoms with E-state index in [9.17, 15) is 0 Å². The number of nitrogens with zero attached hydrogens (tertiary/aromatic N) is 2. The molecule has 2 unspecified atom stereocenters. The van der Waals surface area contributed by atoms with Gasteiger partial charge in [0.15, 0.2) is 0 Å². The molecule has 2 rings (SSSR count). The van der Waals surface area contributed by atoms with E-state index >= 15 is 0 Å². The average molecular weight is 354 g/mol. The summed E-state index contributed by atoms with van der Waals surface area (Å²) in [6, 6.07) is 6.92. The van der Waals surface area contributed by atoms with E-state index in [1.54, 1.807) is 0 Å². The lowest BCUT2D eigenvalue weighted by Gasteiger charge is -2.25. The van der Waals surface area contributed by atoms with Crippen LogP contribution in [0.1, 0.15) is 25.3 Å². The lowest BCUT2D eigenvalue weighted by molar-refractivity contribution is 0.396. The minimum absolute atomic E-state index is 0.259. The second-order valence-electron chi connectivity index (χ2n) is 6.46. The highest BCUT2D eigenvalue weighted by Gasteiger charge is 2.21. The lowest BCUT2D eigenvalue weighted by atomic mass is 10.0. The summed E-state index contributed by atoms with van der Waals surface area (Å²) in [7, 11) is 4.40. The monoisotopic (exact) mass is 353 g/mol. The van der Waals surface area contributed by atoms with Crippen molar-refractivity contribution in [1.82, 2.24) is 4.90 Å². The van der Waals surface area contributed by atoms with Gasteiger partial charge in [-0.25, -0.2) is 0 Å². The van der Waals surface area contributed by atoms with Crippen molar-refractivity contribution in [2.75, 3.05) is 38.6 Å². The minimum Gasteiger partial charge on any atom is -0.373 e. The third kappa shape index (κ3) is 4.70. The number of rotatable bonds is 6. The molecule has 3 nitrogen and oxygen atoms in total. The molecule has 1 aromatic rings. The molecule has 0 amide bonds. The summed E-state index contributed by atoms with van der Waals surface area (Å²) < 4.78 is 1.18. The maximum Gasteiger partial charge on any atom is 0.0508 e. The molecule has 2 atom stereocenters. The lowest BCUT2D eigenvalue weighted by Crippen LogP contribution is -2.27. The first-order valence-corrected chi connectivity index (χ1v) is 8.72. The number of anilines is 1. The molecule has 2 N–H and O–H groups in total. The Balaban J connectivity index is 1.99. The highest BCUT2D eigenvalue weighted by molar-refractivity contribution is 9.10. The molecule has 0 saturated carbocycles. The van der Waals surface area contributed by atoms with Crippen LogP contribution in [0.2, 0.25) is 0 Å². The van der Waals surface area contributed by atoms with Gasteiger partial charge in [-0.15, -0.1) is 0 Å². The van der Waals surface area contributed by atoms with Crippen molar-refractivity contribution in [2.45, 2.75) is 32.2 Å². The van der Waals surface area contributed by atoms with Gasteiger partial charge >= 0.3 is 0 Å². The highest BCUT2D eigenvalue weighted by atomic mass is 79.9. The van der Waals surface area contributed by atoms with Gasteiger partial charge in [-0.2, -0.15) is 0 Å². The van der Waals surface area contributed by atoms with Gasteiger partial charge < -0.3 is 15.5 Å². The molecule has 0 bridgehead atoms. The van der Waals surface area contributed by atoms with Gasteiger partial charge in [0, 0.05) is 30.7 Å². The van der Waals surface area contributed by atoms with E-state index in [-0.39, 0.29) is 6.04 Å². The fourth-order valence-electron chi connectivity index (χ4n) is 3.10. The standard InChI is InChI=1S/C17H28BrN3/c1-4-15(19)9-13-5-6-17(16(18)10-13)21(3)12-14-7-8-20(2)11-14/h5-6,10,14-15H,4,7-9,11-12,19H2,1-3H3. The van der Waals surface area contributed by atoms with Crippen LogP contribution in [-0.4, -0.2) is 44.7 Å². The van der Waals surface area contributed by atoms with Crippen molar-refractivity contribution >= 4 is 21.6 Å². The molecule has 1 fully saturated rings. The molecule has 4 heteroatoms. The minimum atomic E-state index is 0.259. The first kappa shape index (κ1) is 16.8. The number of benzene rings is 1. The summed E-state index contributed by atoms with van der Waals surface area (Å²) in [5.41, 5.74) is 8.63. The second kappa shape index (κ2) is 7.61. The number of hydrogen-bond donors (Lipinski definition) is 1. The summed E-state index contributed by atoms with van der Waals surface area (Å²) in [6.07, 6.45) is 3.28. The van der Waals surface area contributed by atoms with E-state index in [4.69, 9.17) is 5.73 Å². The smallest absolute Gasteiger partial charge is 0.0508 e. The van der Waals surface area contributed by atoms with Crippen molar-refractivity contribution in [3.63, 3.8) is 0 Å². The molecule has 0 aromatic heterocycles. The van der Waals surface area contributed by atoms with Gasteiger partial charge in [0.2, 0.25) is 0 Å². The van der Waals surface area contributed by atoms with Crippen molar-refractivity contribution < 1.29 is 0 Å². The molecule has 1 heterocycles. The number of likely N-dealkylation sites (tertiary alicyclic amines) is 1. The van der Waals surface area contributed by atoms with Crippen LogP contribution in [0.3, 0.4) is 0 Å². The molecule has 0 radical (unpaired) electrons. The van der Waals surface area contributed by atoms with Gasteiger partial charge in [-0.1, -0.05) is 13.0 Å². The van der Waals surface area contributed by atoms with Crippen molar-refractivity contribution in [3.05, 3.63) is 28.2 Å². The van der Waals surface area contributed by atoms with Crippen LogP contribution in [0.4, 0.5) is 5.69 Å². The van der Waals surface area contributed by atoms with Crippen LogP contribution < -0.4 is 10.6 Å². The van der Waals surface area contributed by atoms with Gasteiger partial charge in [-0.3, -0.25) is 0 Å². The predicted octanol–water partition coefficient (Wildman–Crippen LogP) is 3.12. The maximum absolute atomic E-state index is 6.04. The molecule has 0 aliphatic carbocycles. The van der Waals surface area contributed by atoms with E-state index < -0.39 is 0 Å². The Morgan fingerprint density at radius 1 is 1.48 bits per heavy atom. The summed E-state index contributed by atoms with van der Waals surface area (Å²) in [6.45, 7) is 5.70. The quantitative estimate of drug-likeness (QED) is 0.852. The topological polar surface area (TPSA) is 32.5 Å². The number of hydrogen-bond acceptors (Lipinski definition) is 3. The Morgan fingerprint density at radius 2 is 2.24 bits per heavy atom. The average Bonchev–Trinajstić information content (AvgIpc) is 2.83. The Bertz CT molecular complexity index is 463. The zero-order valence-corrected chi connectivity index (χ0v) is 15.1. The number of halogens is 1. The summed E-state index contributed by atoms with van der Waals surface area (Å²) >= 11 is 3.73. The Hall–Kier alpha value is -0.580. The van der Waals surface area contributed by atoms with Crippen LogP contribution in [-0.2, 0) is 6.42 Å². The third-order valence-corrected chi connectivity index (χ3v) is 5.10. The fraction of sp³-hybridized carbons (Fsp3) is 0.647. The molecule has 21 heavy (non-hydrogen) atoms. The summed E-state index contributed by atoms with van der Waals surface area (Å²) in [5.74, 6) is 0.778. The third-order valence-electron chi connectivity index (χ3n) is 4.47. The van der Waals surface area contributed by atoms with E-state index in [1.165, 1.54) is 35.2 Å². The van der Waals surface area contributed by atoms with Gasteiger partial charge in [-0.05, 0) is 72.4 Å². The SMILES string of the molecule is CCC(N)Cc1ccc(N(C)CC2CCN(C)C2)c(Br)c1. The Kier molecular flexibility index (Phi) is 6.08. The zero-order valence-electron chi connectivity index (χ0n) is 13.5. The predicted molar refractivity (Wildman–Crippen MR) is 95.0 cm³/mol. The van der Waals surface area contributed by atoms with Crippen LogP contribution in [0, 0.1) is 5.92 Å². The fourth-order valence-corrected chi connectivity index (χ4v) is 3.82. The Labute approximate surface area is 137 Å². The van der Waals surface area contributed by atoms with E-state index in [2.05, 4.69) is 64.9 Å². The number of nitrogens with two attached hydrogens (primary N) is 1. The van der Waals surface area contributed by atoms with Crippen LogP contribution >= 0.6 is 15.9 Å². The molecule has 1 aliphatic heterocycles. The molecular formula is C17H28BrN3. The maximum atomic E-state index is 6.04. The van der Waals surface area contributed by atoms with E-state index in [1.807, 2.05) is 0 Å². The van der Waals surface area contributed by atoms with Gasteiger partial charge in [0.05, 0.1) is 5.69 Å². The summed E-state index contributed by atoms with van der Waals surface area (Å²) in [5, 5.41) is 0. The van der Waals surface area contributed by atoms with Crippen LogP contribution in [0.25, 0.3) is 0 Å². The Morgan fingerprint density at radius 3 is 2.81 bits per heavy atom. The molecule has 1 aromatic carbocycles. The normalized spacial score (nSPS) is 20.7. The molecule has 1 saturated heterocycles. The van der Waals surface area contributed by atoms with Gasteiger partial charge in [0.25, 0.3) is 0 Å². The van der Waals surface area contributed by atoms with Crippen LogP contribution in [0.15, 0.2) is 22.7 Å². The van der Waals surface area contributed by atoms with Crippen molar-refractivity contribution in [1.29, 1.82) is 0 Å². The zero-order chi connectivity index (χ0) is 15.4. The first-order valence-electron chi connectivity index (χ1n) is 7.93. The van der Waals surface area contributed by atoms with Crippen molar-refractivity contribution in [3.8, 4) is 0 Å². The molecule has 0 spiro atoms. The molecule has 118 valence electrons. The van der Waals surface area contributed by atoms with Crippen molar-refractivity contribution in [2.24, 2.45) is 11.7 Å². The second-order valence-corrected chi connectivity index (χ2v) is 7.31. The van der Waals surface area contributed by atoms with E-state index in [0.29, 0.717) is 0 Å². The highest BCUT2D eigenvalue weighted by Crippen LogP contribution is 2.28. The largest absolute Gasteiger partial charge is 0.373 e. The molecular weight excluding hydrogens is 326 g/mol. The van der Waals surface area contributed by atoms with E-state index in [0.717, 1.165) is 25.3 Å². The van der Waals surface area contributed by atoms with Gasteiger partial charge in [0.1, 0.15) is 0 Å². The van der Waals surface area contributed by atoms with Crippen LogP contribution in [0.5, 0.6) is 0 Å². The first-order chi connectivity index (χ1) is 9.99. The summed E-state index contributed by atoms with van der Waals surface area (Å²) in [4.78, 5) is 4.79. The molecule has 1 aliphatic rings.